The smallest absolute Gasteiger partial charge is 0.309 e. The minimum Gasteiger partial charge on any atom is -0.481 e. The fraction of sp³-hybridized carbons (Fsp3) is 0.333. The zero-order valence-corrected chi connectivity index (χ0v) is 12.6. The maximum Gasteiger partial charge on any atom is 0.309 e. The van der Waals surface area contributed by atoms with E-state index in [4.69, 9.17) is 5.11 Å². The number of hydrogen-bond donors (Lipinski definition) is 1. The van der Waals surface area contributed by atoms with Crippen LogP contribution in [0.3, 0.4) is 0 Å². The van der Waals surface area contributed by atoms with E-state index in [1.807, 2.05) is 13.8 Å². The molecule has 0 spiro atoms. The van der Waals surface area contributed by atoms with E-state index < -0.39 is 5.97 Å². The molecule has 0 radical (unpaired) electrons. The standard InChI is InChI=1S/C12H13N3O3S2/c1-7(2)15-4-3-13-10(11(15)18)20-12-14-8(6-19-12)5-9(16)17/h3-4,6-7H,5H2,1-2H3,(H,16,17). The van der Waals surface area contributed by atoms with Crippen molar-refractivity contribution in [1.82, 2.24) is 14.5 Å². The summed E-state index contributed by atoms with van der Waals surface area (Å²) in [6.07, 6.45) is 3.11. The number of aromatic nitrogens is 3. The SMILES string of the molecule is CC(C)n1ccnc(Sc2nc(CC(=O)O)cs2)c1=O. The molecular formula is C12H13N3O3S2. The second kappa shape index (κ2) is 6.19. The third-order valence-corrected chi connectivity index (χ3v) is 4.40. The highest BCUT2D eigenvalue weighted by Gasteiger charge is 2.12. The van der Waals surface area contributed by atoms with Crippen molar-refractivity contribution >= 4 is 29.1 Å². The van der Waals surface area contributed by atoms with Crippen molar-refractivity contribution in [2.24, 2.45) is 0 Å². The first-order chi connectivity index (χ1) is 9.47. The topological polar surface area (TPSA) is 85.1 Å². The van der Waals surface area contributed by atoms with Crippen LogP contribution in [0.1, 0.15) is 25.6 Å². The van der Waals surface area contributed by atoms with E-state index in [0.29, 0.717) is 15.1 Å². The Kier molecular flexibility index (Phi) is 4.56. The number of thiazole rings is 1. The molecule has 0 unspecified atom stereocenters. The van der Waals surface area contributed by atoms with Crippen molar-refractivity contribution < 1.29 is 9.90 Å². The Bertz CT molecular complexity index is 679. The summed E-state index contributed by atoms with van der Waals surface area (Å²) in [5, 5.41) is 10.7. The van der Waals surface area contributed by atoms with Gasteiger partial charge in [0.05, 0.1) is 12.1 Å². The van der Waals surface area contributed by atoms with Crippen LogP contribution in [-0.2, 0) is 11.2 Å². The van der Waals surface area contributed by atoms with Crippen LogP contribution in [0.5, 0.6) is 0 Å². The average molecular weight is 311 g/mol. The molecule has 0 atom stereocenters. The fourth-order valence-corrected chi connectivity index (χ4v) is 3.29. The van der Waals surface area contributed by atoms with Gasteiger partial charge in [-0.1, -0.05) is 0 Å². The summed E-state index contributed by atoms with van der Waals surface area (Å²) in [7, 11) is 0. The van der Waals surface area contributed by atoms with E-state index in [2.05, 4.69) is 9.97 Å². The molecular weight excluding hydrogens is 298 g/mol. The molecule has 0 saturated carbocycles. The van der Waals surface area contributed by atoms with Crippen molar-refractivity contribution in [3.8, 4) is 0 Å². The molecule has 0 saturated heterocycles. The van der Waals surface area contributed by atoms with Gasteiger partial charge in [-0.15, -0.1) is 11.3 Å². The molecule has 0 aromatic carbocycles. The predicted octanol–water partition coefficient (Wildman–Crippen LogP) is 2.06. The molecule has 20 heavy (non-hydrogen) atoms. The molecule has 1 N–H and O–H groups in total. The number of nitrogens with zero attached hydrogens (tertiary/aromatic N) is 3. The van der Waals surface area contributed by atoms with Gasteiger partial charge >= 0.3 is 5.97 Å². The molecule has 0 aliphatic carbocycles. The zero-order valence-electron chi connectivity index (χ0n) is 10.9. The van der Waals surface area contributed by atoms with Crippen LogP contribution in [0.15, 0.2) is 31.9 Å². The van der Waals surface area contributed by atoms with Gasteiger partial charge in [-0.25, -0.2) is 9.97 Å². The highest BCUT2D eigenvalue weighted by atomic mass is 32.2. The lowest BCUT2D eigenvalue weighted by atomic mass is 10.3. The van der Waals surface area contributed by atoms with Crippen molar-refractivity contribution in [2.75, 3.05) is 0 Å². The highest BCUT2D eigenvalue weighted by Crippen LogP contribution is 2.27. The molecule has 0 fully saturated rings. The second-order valence-corrected chi connectivity index (χ2v) is 6.41. The Labute approximate surface area is 123 Å². The van der Waals surface area contributed by atoms with Crippen molar-refractivity contribution in [1.29, 1.82) is 0 Å². The van der Waals surface area contributed by atoms with Crippen molar-refractivity contribution in [3.63, 3.8) is 0 Å². The fourth-order valence-electron chi connectivity index (χ4n) is 1.54. The highest BCUT2D eigenvalue weighted by molar-refractivity contribution is 8.00. The van der Waals surface area contributed by atoms with Gasteiger partial charge in [-0.05, 0) is 25.6 Å². The first-order valence-electron chi connectivity index (χ1n) is 5.88. The molecule has 106 valence electrons. The number of hydrogen-bond acceptors (Lipinski definition) is 6. The van der Waals surface area contributed by atoms with E-state index in [9.17, 15) is 9.59 Å². The quantitative estimate of drug-likeness (QED) is 0.909. The van der Waals surface area contributed by atoms with Gasteiger partial charge in [-0.3, -0.25) is 9.59 Å². The lowest BCUT2D eigenvalue weighted by molar-refractivity contribution is -0.136. The molecule has 0 aliphatic heterocycles. The molecule has 2 rings (SSSR count). The Morgan fingerprint density at radius 2 is 2.30 bits per heavy atom. The summed E-state index contributed by atoms with van der Waals surface area (Å²) in [5.74, 6) is -0.924. The summed E-state index contributed by atoms with van der Waals surface area (Å²) in [6, 6.07) is 0.0590. The Morgan fingerprint density at radius 3 is 2.95 bits per heavy atom. The van der Waals surface area contributed by atoms with Crippen LogP contribution < -0.4 is 5.56 Å². The Morgan fingerprint density at radius 1 is 1.55 bits per heavy atom. The molecule has 0 bridgehead atoms. The molecule has 8 heteroatoms. The van der Waals surface area contributed by atoms with Gasteiger partial charge in [0.2, 0.25) is 0 Å². The number of carboxylic acids is 1. The first-order valence-corrected chi connectivity index (χ1v) is 7.58. The van der Waals surface area contributed by atoms with Crippen LogP contribution in [0, 0.1) is 0 Å². The summed E-state index contributed by atoms with van der Waals surface area (Å²) in [6.45, 7) is 3.84. The maximum absolute atomic E-state index is 12.2. The molecule has 2 heterocycles. The largest absolute Gasteiger partial charge is 0.481 e. The summed E-state index contributed by atoms with van der Waals surface area (Å²) in [5.41, 5.74) is 0.326. The maximum atomic E-state index is 12.2. The number of carboxylic acid groups (broad SMARTS) is 1. The van der Waals surface area contributed by atoms with E-state index in [1.165, 1.54) is 11.3 Å². The van der Waals surface area contributed by atoms with Crippen LogP contribution >= 0.6 is 23.1 Å². The van der Waals surface area contributed by atoms with Crippen LogP contribution in [0.4, 0.5) is 0 Å². The predicted molar refractivity (Wildman–Crippen MR) is 76.5 cm³/mol. The van der Waals surface area contributed by atoms with Gasteiger partial charge in [0, 0.05) is 23.8 Å². The van der Waals surface area contributed by atoms with Gasteiger partial charge < -0.3 is 9.67 Å². The Hall–Kier alpha value is -1.67. The minimum absolute atomic E-state index is 0.0590. The third kappa shape index (κ3) is 3.45. The lowest BCUT2D eigenvalue weighted by Crippen LogP contribution is -2.23. The normalized spacial score (nSPS) is 10.9. The molecule has 0 amide bonds. The van der Waals surface area contributed by atoms with Gasteiger partial charge in [-0.2, -0.15) is 0 Å². The van der Waals surface area contributed by atoms with E-state index in [-0.39, 0.29) is 18.0 Å². The van der Waals surface area contributed by atoms with Gasteiger partial charge in [0.25, 0.3) is 5.56 Å². The molecule has 6 nitrogen and oxygen atoms in total. The van der Waals surface area contributed by atoms with Crippen LogP contribution in [0.2, 0.25) is 0 Å². The summed E-state index contributed by atoms with van der Waals surface area (Å²) >= 11 is 2.47. The Balaban J connectivity index is 2.22. The third-order valence-electron chi connectivity index (χ3n) is 2.44. The monoisotopic (exact) mass is 311 g/mol. The minimum atomic E-state index is -0.924. The van der Waals surface area contributed by atoms with Crippen LogP contribution in [-0.4, -0.2) is 25.6 Å². The zero-order chi connectivity index (χ0) is 14.7. The summed E-state index contributed by atoms with van der Waals surface area (Å²) < 4.78 is 2.22. The molecule has 0 aliphatic rings. The average Bonchev–Trinajstić information content (AvgIpc) is 2.78. The van der Waals surface area contributed by atoms with Gasteiger partial charge in [0.1, 0.15) is 0 Å². The number of aliphatic carboxylic acids is 1. The second-order valence-electron chi connectivity index (χ2n) is 4.32. The van der Waals surface area contributed by atoms with E-state index in [1.54, 1.807) is 22.3 Å². The van der Waals surface area contributed by atoms with E-state index in [0.717, 1.165) is 11.8 Å². The molecule has 2 aromatic rings. The van der Waals surface area contributed by atoms with Gasteiger partial charge in [0.15, 0.2) is 9.37 Å². The lowest BCUT2D eigenvalue weighted by Gasteiger charge is -2.09. The first kappa shape index (κ1) is 14.7. The van der Waals surface area contributed by atoms with Crippen molar-refractivity contribution in [2.45, 2.75) is 35.7 Å². The van der Waals surface area contributed by atoms with E-state index >= 15 is 0 Å². The number of carbonyl (C=O) groups is 1. The molecule has 2 aromatic heterocycles. The summed E-state index contributed by atoms with van der Waals surface area (Å²) in [4.78, 5) is 31.0. The van der Waals surface area contributed by atoms with Crippen molar-refractivity contribution in [3.05, 3.63) is 33.8 Å². The number of rotatable bonds is 5. The van der Waals surface area contributed by atoms with Crippen LogP contribution in [0.25, 0.3) is 0 Å².